The van der Waals surface area contributed by atoms with Gasteiger partial charge in [0.2, 0.25) is 0 Å². The molecule has 2 aromatic carbocycles. The van der Waals surface area contributed by atoms with Crippen LogP contribution in [0, 0.1) is 10.1 Å². The van der Waals surface area contributed by atoms with Gasteiger partial charge in [0.1, 0.15) is 15.8 Å². The molecular formula is C22H19ClN2O5S2. The maximum Gasteiger partial charge on any atom is 0.270 e. The first kappa shape index (κ1) is 23.8. The Hall–Kier alpha value is -2.88. The number of carbonyl (C=O) groups excluding carboxylic acids is 1. The molecule has 166 valence electrons. The minimum absolute atomic E-state index is 0.101. The monoisotopic (exact) mass is 490 g/mol. The lowest BCUT2D eigenvalue weighted by Crippen LogP contribution is -2.27. The first-order valence-corrected chi connectivity index (χ1v) is 11.1. The van der Waals surface area contributed by atoms with E-state index in [2.05, 4.69) is 6.58 Å². The number of rotatable bonds is 10. The Balaban J connectivity index is 1.69. The van der Waals surface area contributed by atoms with E-state index in [1.165, 1.54) is 23.1 Å². The fraction of sp³-hybridized carbons (Fsp3) is 0.182. The molecule has 1 amide bonds. The number of hydrogen-bond donors (Lipinski definition) is 0. The fourth-order valence-corrected chi connectivity index (χ4v) is 4.18. The first-order chi connectivity index (χ1) is 15.4. The van der Waals surface area contributed by atoms with E-state index in [4.69, 9.17) is 33.3 Å². The van der Waals surface area contributed by atoms with Gasteiger partial charge in [0.25, 0.3) is 11.6 Å². The van der Waals surface area contributed by atoms with Gasteiger partial charge < -0.3 is 9.47 Å². The molecule has 2 aromatic rings. The Labute approximate surface area is 199 Å². The Morgan fingerprint density at radius 3 is 2.59 bits per heavy atom. The number of nitro groups is 1. The lowest BCUT2D eigenvalue weighted by atomic mass is 10.1. The van der Waals surface area contributed by atoms with Gasteiger partial charge in [-0.25, -0.2) is 0 Å². The van der Waals surface area contributed by atoms with E-state index in [9.17, 15) is 14.9 Å². The maximum atomic E-state index is 12.6. The molecule has 1 aliphatic rings. The van der Waals surface area contributed by atoms with Crippen molar-refractivity contribution in [3.63, 3.8) is 0 Å². The van der Waals surface area contributed by atoms with Crippen molar-refractivity contribution in [1.29, 1.82) is 0 Å². The molecule has 0 bridgehead atoms. The van der Waals surface area contributed by atoms with Crippen molar-refractivity contribution in [3.8, 4) is 11.5 Å². The second kappa shape index (κ2) is 11.1. The highest BCUT2D eigenvalue weighted by Gasteiger charge is 2.31. The highest BCUT2D eigenvalue weighted by molar-refractivity contribution is 8.26. The number of hydrogen-bond acceptors (Lipinski definition) is 7. The quantitative estimate of drug-likeness (QED) is 0.109. The minimum Gasteiger partial charge on any atom is -0.493 e. The van der Waals surface area contributed by atoms with Gasteiger partial charge in [0.15, 0.2) is 0 Å². The molecule has 0 saturated carbocycles. The molecule has 0 atom stereocenters. The van der Waals surface area contributed by atoms with E-state index in [0.717, 1.165) is 11.8 Å². The van der Waals surface area contributed by atoms with Gasteiger partial charge in [-0.15, -0.1) is 6.58 Å². The largest absolute Gasteiger partial charge is 0.493 e. The van der Waals surface area contributed by atoms with Crippen LogP contribution in [-0.2, 0) is 4.79 Å². The number of thioether (sulfide) groups is 1. The molecule has 0 aromatic heterocycles. The SMILES string of the molecule is C=CCN1C(=O)/C(=C/c2cc([N+](=O)[O-])ccc2OCCCOc2ccc(Cl)cc2)SC1=S. The predicted octanol–water partition coefficient (Wildman–Crippen LogP) is 5.48. The number of nitro benzene ring substituents is 1. The second-order valence-electron chi connectivity index (χ2n) is 6.56. The third-order valence-corrected chi connectivity index (χ3v) is 5.93. The molecule has 1 aliphatic heterocycles. The molecule has 1 saturated heterocycles. The summed E-state index contributed by atoms with van der Waals surface area (Å²) < 4.78 is 11.9. The zero-order valence-corrected chi connectivity index (χ0v) is 19.3. The van der Waals surface area contributed by atoms with Crippen molar-refractivity contribution < 1.29 is 19.2 Å². The molecule has 3 rings (SSSR count). The van der Waals surface area contributed by atoms with E-state index < -0.39 is 4.92 Å². The van der Waals surface area contributed by atoms with E-state index in [1.807, 2.05) is 0 Å². The molecule has 10 heteroatoms. The highest BCUT2D eigenvalue weighted by atomic mass is 35.5. The van der Waals surface area contributed by atoms with Crippen LogP contribution in [0.15, 0.2) is 60.0 Å². The lowest BCUT2D eigenvalue weighted by Gasteiger charge is -2.11. The standard InChI is InChI=1S/C22H19ClN2O5S2/c1-2-10-24-21(26)20(32-22(24)31)14-15-13-17(25(27)28)6-9-19(15)30-12-3-11-29-18-7-4-16(23)5-8-18/h2,4-9,13-14H,1,3,10-12H2/b20-14-. The average Bonchev–Trinajstić information content (AvgIpc) is 3.03. The van der Waals surface area contributed by atoms with Crippen LogP contribution in [0.3, 0.4) is 0 Å². The molecule has 1 fully saturated rings. The van der Waals surface area contributed by atoms with Crippen molar-refractivity contribution in [2.45, 2.75) is 6.42 Å². The molecule has 0 N–H and O–H groups in total. The van der Waals surface area contributed by atoms with Gasteiger partial charge in [-0.3, -0.25) is 19.8 Å². The van der Waals surface area contributed by atoms with Crippen molar-refractivity contribution in [1.82, 2.24) is 4.90 Å². The number of non-ortho nitro benzene ring substituents is 1. The summed E-state index contributed by atoms with van der Waals surface area (Å²) in [5.74, 6) is 0.858. The van der Waals surface area contributed by atoms with E-state index in [-0.39, 0.29) is 11.6 Å². The van der Waals surface area contributed by atoms with Crippen molar-refractivity contribution in [2.75, 3.05) is 19.8 Å². The summed E-state index contributed by atoms with van der Waals surface area (Å²) in [6.45, 7) is 4.67. The summed E-state index contributed by atoms with van der Waals surface area (Å²) in [7, 11) is 0. The van der Waals surface area contributed by atoms with Crippen LogP contribution in [-0.4, -0.2) is 39.8 Å². The lowest BCUT2D eigenvalue weighted by molar-refractivity contribution is -0.384. The number of ether oxygens (including phenoxy) is 2. The summed E-state index contributed by atoms with van der Waals surface area (Å²) in [4.78, 5) is 25.1. The van der Waals surface area contributed by atoms with Crippen LogP contribution >= 0.6 is 35.6 Å². The summed E-state index contributed by atoms with van der Waals surface area (Å²) >= 11 is 12.2. The Bertz CT molecular complexity index is 1070. The van der Waals surface area contributed by atoms with Crippen LogP contribution in [0.25, 0.3) is 6.08 Å². The molecule has 0 unspecified atom stereocenters. The summed E-state index contributed by atoms with van der Waals surface area (Å²) in [5.41, 5.74) is 0.327. The molecule has 7 nitrogen and oxygen atoms in total. The predicted molar refractivity (Wildman–Crippen MR) is 130 cm³/mol. The first-order valence-electron chi connectivity index (χ1n) is 9.55. The Kier molecular flexibility index (Phi) is 8.26. The van der Waals surface area contributed by atoms with Gasteiger partial charge in [-0.2, -0.15) is 0 Å². The molecule has 1 heterocycles. The highest BCUT2D eigenvalue weighted by Crippen LogP contribution is 2.35. The zero-order chi connectivity index (χ0) is 23.1. The topological polar surface area (TPSA) is 81.9 Å². The van der Waals surface area contributed by atoms with Crippen molar-refractivity contribution >= 4 is 57.6 Å². The van der Waals surface area contributed by atoms with Gasteiger partial charge in [-0.1, -0.05) is 41.7 Å². The van der Waals surface area contributed by atoms with Crippen molar-refractivity contribution in [3.05, 3.63) is 80.7 Å². The van der Waals surface area contributed by atoms with Gasteiger partial charge >= 0.3 is 0 Å². The number of benzene rings is 2. The number of halogens is 1. The summed E-state index contributed by atoms with van der Waals surface area (Å²) in [6, 6.07) is 11.3. The maximum absolute atomic E-state index is 12.6. The average molecular weight is 491 g/mol. The van der Waals surface area contributed by atoms with Gasteiger partial charge in [0, 0.05) is 35.7 Å². The minimum atomic E-state index is -0.496. The van der Waals surface area contributed by atoms with Crippen molar-refractivity contribution in [2.24, 2.45) is 0 Å². The van der Waals surface area contributed by atoms with Crippen LogP contribution < -0.4 is 9.47 Å². The Morgan fingerprint density at radius 1 is 1.19 bits per heavy atom. The molecule has 0 radical (unpaired) electrons. The zero-order valence-electron chi connectivity index (χ0n) is 16.9. The number of thiocarbonyl (C=S) groups is 1. The molecular weight excluding hydrogens is 472 g/mol. The Morgan fingerprint density at radius 2 is 1.91 bits per heavy atom. The normalized spacial score (nSPS) is 14.7. The number of amides is 1. The number of carbonyl (C=O) groups is 1. The summed E-state index contributed by atoms with van der Waals surface area (Å²) in [6.07, 6.45) is 3.73. The van der Waals surface area contributed by atoms with Crippen LogP contribution in [0.5, 0.6) is 11.5 Å². The van der Waals surface area contributed by atoms with E-state index in [1.54, 1.807) is 36.4 Å². The van der Waals surface area contributed by atoms with E-state index >= 15 is 0 Å². The van der Waals surface area contributed by atoms with Crippen LogP contribution in [0.4, 0.5) is 5.69 Å². The van der Waals surface area contributed by atoms with E-state index in [0.29, 0.717) is 57.5 Å². The summed E-state index contributed by atoms with van der Waals surface area (Å²) in [5, 5.41) is 11.8. The second-order valence-corrected chi connectivity index (χ2v) is 8.68. The van der Waals surface area contributed by atoms with Crippen LogP contribution in [0.2, 0.25) is 5.02 Å². The smallest absolute Gasteiger partial charge is 0.270 e. The van der Waals surface area contributed by atoms with Gasteiger partial charge in [0.05, 0.1) is 23.0 Å². The van der Waals surface area contributed by atoms with Gasteiger partial charge in [-0.05, 0) is 36.4 Å². The third kappa shape index (κ3) is 6.09. The number of nitrogens with zero attached hydrogens (tertiary/aromatic N) is 2. The van der Waals surface area contributed by atoms with Crippen LogP contribution in [0.1, 0.15) is 12.0 Å². The molecule has 0 aliphatic carbocycles. The fourth-order valence-electron chi connectivity index (χ4n) is 2.78. The third-order valence-electron chi connectivity index (χ3n) is 4.30. The molecule has 32 heavy (non-hydrogen) atoms. The molecule has 0 spiro atoms.